The Morgan fingerprint density at radius 2 is 2.07 bits per heavy atom. The molecule has 1 N–H and O–H groups in total. The van der Waals surface area contributed by atoms with E-state index in [1.54, 1.807) is 0 Å². The van der Waals surface area contributed by atoms with Gasteiger partial charge in [-0.1, -0.05) is 34.2 Å². The van der Waals surface area contributed by atoms with Gasteiger partial charge in [-0.15, -0.1) is 25.6 Å². The van der Waals surface area contributed by atoms with E-state index in [4.69, 9.17) is 0 Å². The summed E-state index contributed by atoms with van der Waals surface area (Å²) in [7, 11) is 0. The van der Waals surface area contributed by atoms with E-state index in [-0.39, 0.29) is 12.4 Å². The maximum absolute atomic E-state index is 3.75. The lowest BCUT2D eigenvalue weighted by atomic mass is 10.0. The van der Waals surface area contributed by atoms with Crippen LogP contribution >= 0.6 is 28.3 Å². The van der Waals surface area contributed by atoms with Crippen LogP contribution in [-0.2, 0) is 0 Å². The van der Waals surface area contributed by atoms with Crippen LogP contribution in [0.2, 0.25) is 0 Å². The Kier molecular flexibility index (Phi) is 7.24. The molecule has 1 aliphatic heterocycles. The molecule has 0 saturated carbocycles. The lowest BCUT2D eigenvalue weighted by molar-refractivity contribution is 0.452. The van der Waals surface area contributed by atoms with Crippen LogP contribution in [0.25, 0.3) is 0 Å². The van der Waals surface area contributed by atoms with E-state index in [0.717, 1.165) is 19.3 Å². The average Bonchev–Trinajstić information content (AvgIpc) is 2.12. The van der Waals surface area contributed by atoms with E-state index in [2.05, 4.69) is 40.5 Å². The molecule has 0 radical (unpaired) electrons. The van der Waals surface area contributed by atoms with Crippen molar-refractivity contribution in [1.82, 2.24) is 5.32 Å². The summed E-state index contributed by atoms with van der Waals surface area (Å²) in [4.78, 5) is 0. The van der Waals surface area contributed by atoms with Gasteiger partial charge in [0.05, 0.1) is 0 Å². The molecule has 0 aromatic rings. The molecular formula is C11H17BrClN. The molecule has 1 rings (SSSR count). The molecular weight excluding hydrogens is 261 g/mol. The third-order valence-corrected chi connectivity index (χ3v) is 3.10. The van der Waals surface area contributed by atoms with Gasteiger partial charge < -0.3 is 5.32 Å². The lowest BCUT2D eigenvalue weighted by Crippen LogP contribution is -2.40. The van der Waals surface area contributed by atoms with Crippen LogP contribution in [0.15, 0.2) is 35.9 Å². The minimum atomic E-state index is 0. The molecule has 0 aliphatic carbocycles. The molecule has 1 nitrogen and oxygen atoms in total. The number of hydrogen-bond donors (Lipinski definition) is 1. The fourth-order valence-corrected chi connectivity index (χ4v) is 2.05. The predicted molar refractivity (Wildman–Crippen MR) is 69.2 cm³/mol. The van der Waals surface area contributed by atoms with Gasteiger partial charge in [-0.3, -0.25) is 0 Å². The molecule has 2 atom stereocenters. The highest BCUT2D eigenvalue weighted by Crippen LogP contribution is 2.22. The molecule has 3 heteroatoms. The van der Waals surface area contributed by atoms with Crippen molar-refractivity contribution in [1.29, 1.82) is 0 Å². The van der Waals surface area contributed by atoms with E-state index in [1.165, 1.54) is 4.48 Å². The highest BCUT2D eigenvalue weighted by Gasteiger charge is 2.19. The summed E-state index contributed by atoms with van der Waals surface area (Å²) < 4.78 is 1.26. The molecule has 1 aliphatic rings. The van der Waals surface area contributed by atoms with Crippen molar-refractivity contribution in [2.75, 3.05) is 0 Å². The van der Waals surface area contributed by atoms with Crippen LogP contribution < -0.4 is 5.32 Å². The maximum Gasteiger partial charge on any atom is 0.0420 e. The van der Waals surface area contributed by atoms with Crippen molar-refractivity contribution in [3.05, 3.63) is 35.9 Å². The third-order valence-electron chi connectivity index (χ3n) is 2.22. The first-order valence-electron chi connectivity index (χ1n) is 4.61. The smallest absolute Gasteiger partial charge is 0.0420 e. The summed E-state index contributed by atoms with van der Waals surface area (Å²) in [5.41, 5.74) is 0. The van der Waals surface area contributed by atoms with Crippen LogP contribution in [0.1, 0.15) is 19.3 Å². The van der Waals surface area contributed by atoms with Gasteiger partial charge in [-0.2, -0.15) is 0 Å². The van der Waals surface area contributed by atoms with Crippen molar-refractivity contribution < 1.29 is 0 Å². The normalized spacial score (nSPS) is 25.9. The molecule has 0 bridgehead atoms. The minimum absolute atomic E-state index is 0. The minimum Gasteiger partial charge on any atom is -0.306 e. The molecule has 1 heterocycles. The first kappa shape index (κ1) is 13.9. The molecule has 0 saturated heterocycles. The summed E-state index contributed by atoms with van der Waals surface area (Å²) in [6.45, 7) is 7.50. The van der Waals surface area contributed by atoms with Gasteiger partial charge in [0.2, 0.25) is 0 Å². The number of rotatable bonds is 4. The Bertz CT molecular complexity index is 225. The molecule has 0 aromatic carbocycles. The largest absolute Gasteiger partial charge is 0.306 e. The number of hydrogen-bond acceptors (Lipinski definition) is 1. The zero-order valence-electron chi connectivity index (χ0n) is 8.21. The van der Waals surface area contributed by atoms with Gasteiger partial charge in [-0.25, -0.2) is 0 Å². The summed E-state index contributed by atoms with van der Waals surface area (Å²) in [5, 5.41) is 3.55. The second-order valence-corrected chi connectivity index (χ2v) is 4.21. The van der Waals surface area contributed by atoms with Crippen molar-refractivity contribution in [3.8, 4) is 0 Å². The van der Waals surface area contributed by atoms with Crippen molar-refractivity contribution in [2.24, 2.45) is 0 Å². The zero-order chi connectivity index (χ0) is 9.68. The number of nitrogens with one attached hydrogen (secondary N) is 1. The fourth-order valence-electron chi connectivity index (χ4n) is 1.54. The molecule has 0 amide bonds. The van der Waals surface area contributed by atoms with Gasteiger partial charge in [-0.05, 0) is 19.3 Å². The summed E-state index contributed by atoms with van der Waals surface area (Å²) in [5.74, 6) is 0. The second kappa shape index (κ2) is 7.27. The predicted octanol–water partition coefficient (Wildman–Crippen LogP) is 3.57. The summed E-state index contributed by atoms with van der Waals surface area (Å²) in [6, 6.07) is 0.958. The van der Waals surface area contributed by atoms with Crippen molar-refractivity contribution >= 4 is 28.3 Å². The quantitative estimate of drug-likeness (QED) is 0.775. The van der Waals surface area contributed by atoms with Gasteiger partial charge in [0.15, 0.2) is 0 Å². The van der Waals surface area contributed by atoms with Crippen LogP contribution in [0, 0.1) is 0 Å². The average molecular weight is 279 g/mol. The molecule has 80 valence electrons. The van der Waals surface area contributed by atoms with Crippen LogP contribution in [0.3, 0.4) is 0 Å². The maximum atomic E-state index is 3.75. The first-order valence-corrected chi connectivity index (χ1v) is 5.40. The fraction of sp³-hybridized carbons (Fsp3) is 0.455. The van der Waals surface area contributed by atoms with E-state index in [1.807, 2.05) is 12.2 Å². The highest BCUT2D eigenvalue weighted by molar-refractivity contribution is 9.11. The Hall–Kier alpha value is -0.0500. The van der Waals surface area contributed by atoms with Crippen LogP contribution in [0.5, 0.6) is 0 Å². The molecule has 2 unspecified atom stereocenters. The van der Waals surface area contributed by atoms with E-state index in [0.29, 0.717) is 12.1 Å². The van der Waals surface area contributed by atoms with Gasteiger partial charge >= 0.3 is 0 Å². The molecule has 0 spiro atoms. The monoisotopic (exact) mass is 277 g/mol. The van der Waals surface area contributed by atoms with Crippen molar-refractivity contribution in [3.63, 3.8) is 0 Å². The number of halogens is 2. The van der Waals surface area contributed by atoms with E-state index >= 15 is 0 Å². The standard InChI is InChI=1S/C11H16BrN.ClH/c1-3-5-9-7-8-10(12)11(13-9)6-4-2;/h3-4,8-9,11,13H,1-2,5-7H2;1H. The summed E-state index contributed by atoms with van der Waals surface area (Å²) in [6.07, 6.45) is 9.26. The van der Waals surface area contributed by atoms with Gasteiger partial charge in [0.1, 0.15) is 0 Å². The van der Waals surface area contributed by atoms with Crippen LogP contribution in [0.4, 0.5) is 0 Å². The Morgan fingerprint density at radius 1 is 1.43 bits per heavy atom. The summed E-state index contributed by atoms with van der Waals surface area (Å²) >= 11 is 3.56. The highest BCUT2D eigenvalue weighted by atomic mass is 79.9. The lowest BCUT2D eigenvalue weighted by Gasteiger charge is -2.28. The Balaban J connectivity index is 0.00000169. The van der Waals surface area contributed by atoms with Gasteiger partial charge in [0, 0.05) is 16.6 Å². The molecule has 0 aromatic heterocycles. The molecule has 14 heavy (non-hydrogen) atoms. The Labute approximate surface area is 101 Å². The SMILES string of the molecule is C=CCC1CC=C(Br)C(CC=C)N1.Cl. The second-order valence-electron chi connectivity index (χ2n) is 3.29. The Morgan fingerprint density at radius 3 is 2.64 bits per heavy atom. The van der Waals surface area contributed by atoms with E-state index < -0.39 is 0 Å². The topological polar surface area (TPSA) is 12.0 Å². The first-order chi connectivity index (χ1) is 6.27. The van der Waals surface area contributed by atoms with Crippen molar-refractivity contribution in [2.45, 2.75) is 31.3 Å². The zero-order valence-corrected chi connectivity index (χ0v) is 10.6. The third kappa shape index (κ3) is 3.99. The van der Waals surface area contributed by atoms with Crippen LogP contribution in [-0.4, -0.2) is 12.1 Å². The van der Waals surface area contributed by atoms with Gasteiger partial charge in [0.25, 0.3) is 0 Å². The molecule has 0 fully saturated rings. The van der Waals surface area contributed by atoms with E-state index in [9.17, 15) is 0 Å².